The molecule has 5 heteroatoms. The van der Waals surface area contributed by atoms with Crippen molar-refractivity contribution < 1.29 is 13.9 Å². The molecule has 3 nitrogen and oxygen atoms in total. The lowest BCUT2D eigenvalue weighted by Gasteiger charge is -2.10. The van der Waals surface area contributed by atoms with E-state index in [1.807, 2.05) is 6.92 Å². The van der Waals surface area contributed by atoms with Gasteiger partial charge in [-0.1, -0.05) is 18.5 Å². The first kappa shape index (κ1) is 14.5. The van der Waals surface area contributed by atoms with Crippen molar-refractivity contribution in [2.24, 2.45) is 0 Å². The van der Waals surface area contributed by atoms with E-state index in [1.165, 1.54) is 12.1 Å². The zero-order valence-corrected chi connectivity index (χ0v) is 11.8. The predicted octanol–water partition coefficient (Wildman–Crippen LogP) is 4.64. The average molecular weight is 296 g/mol. The quantitative estimate of drug-likeness (QED) is 0.817. The predicted molar refractivity (Wildman–Crippen MR) is 78.1 cm³/mol. The minimum atomic E-state index is -0.532. The van der Waals surface area contributed by atoms with Crippen molar-refractivity contribution in [3.05, 3.63) is 47.2 Å². The van der Waals surface area contributed by atoms with Crippen LogP contribution in [-0.4, -0.2) is 6.61 Å². The van der Waals surface area contributed by atoms with Gasteiger partial charge in [-0.2, -0.15) is 0 Å². The number of anilines is 1. The number of hydrogen-bond acceptors (Lipinski definition) is 3. The van der Waals surface area contributed by atoms with Crippen LogP contribution in [0.3, 0.4) is 0 Å². The van der Waals surface area contributed by atoms with Crippen LogP contribution >= 0.6 is 11.6 Å². The van der Waals surface area contributed by atoms with Crippen LogP contribution in [0.15, 0.2) is 36.4 Å². The monoisotopic (exact) mass is 295 g/mol. The third-order valence-electron chi connectivity index (χ3n) is 2.50. The molecule has 0 fully saturated rings. The number of ether oxygens (including phenoxy) is 2. The summed E-state index contributed by atoms with van der Waals surface area (Å²) in [6.45, 7) is 2.61. The Morgan fingerprint density at radius 3 is 2.55 bits per heavy atom. The first-order chi connectivity index (χ1) is 9.58. The largest absolute Gasteiger partial charge is 0.493 e. The summed E-state index contributed by atoms with van der Waals surface area (Å²) in [5.74, 6) is 0.920. The molecule has 2 rings (SSSR count). The van der Waals surface area contributed by atoms with Crippen molar-refractivity contribution in [3.8, 4) is 17.2 Å². The fourth-order valence-electron chi connectivity index (χ4n) is 1.63. The molecule has 0 aromatic heterocycles. The highest BCUT2D eigenvalue weighted by Crippen LogP contribution is 2.30. The molecule has 0 atom stereocenters. The highest BCUT2D eigenvalue weighted by atomic mass is 35.5. The van der Waals surface area contributed by atoms with Crippen LogP contribution in [0.25, 0.3) is 0 Å². The summed E-state index contributed by atoms with van der Waals surface area (Å²) in [6, 6.07) is 9.31. The second-order valence-electron chi connectivity index (χ2n) is 4.26. The Morgan fingerprint density at radius 1 is 1.10 bits per heavy atom. The van der Waals surface area contributed by atoms with E-state index in [0.717, 1.165) is 6.42 Å². The minimum absolute atomic E-state index is 0.0527. The molecule has 0 aliphatic heterocycles. The van der Waals surface area contributed by atoms with Gasteiger partial charge in [-0.3, -0.25) is 0 Å². The van der Waals surface area contributed by atoms with Gasteiger partial charge in [0.15, 0.2) is 0 Å². The smallest absolute Gasteiger partial charge is 0.145 e. The Balaban J connectivity index is 2.19. The van der Waals surface area contributed by atoms with E-state index in [1.54, 1.807) is 24.3 Å². The second kappa shape index (κ2) is 6.48. The van der Waals surface area contributed by atoms with Crippen LogP contribution in [-0.2, 0) is 0 Å². The highest BCUT2D eigenvalue weighted by Gasteiger charge is 2.05. The minimum Gasteiger partial charge on any atom is -0.493 e. The van der Waals surface area contributed by atoms with Gasteiger partial charge < -0.3 is 15.2 Å². The Labute approximate surface area is 122 Å². The van der Waals surface area contributed by atoms with E-state index in [-0.39, 0.29) is 5.02 Å². The summed E-state index contributed by atoms with van der Waals surface area (Å²) in [6.07, 6.45) is 0.896. The molecule has 2 aromatic rings. The van der Waals surface area contributed by atoms with E-state index in [9.17, 15) is 4.39 Å². The normalized spacial score (nSPS) is 10.3. The fourth-order valence-corrected chi connectivity index (χ4v) is 1.75. The fraction of sp³-hybridized carbons (Fsp3) is 0.200. The summed E-state index contributed by atoms with van der Waals surface area (Å²) in [5, 5.41) is 0.0527. The van der Waals surface area contributed by atoms with Gasteiger partial charge >= 0.3 is 0 Å². The van der Waals surface area contributed by atoms with Gasteiger partial charge in [0.25, 0.3) is 0 Å². The van der Waals surface area contributed by atoms with Gasteiger partial charge in [0.05, 0.1) is 11.6 Å². The molecular formula is C15H15ClFNO2. The molecular weight excluding hydrogens is 281 g/mol. The van der Waals surface area contributed by atoms with Crippen LogP contribution in [0.1, 0.15) is 13.3 Å². The molecule has 0 saturated carbocycles. The number of halogens is 2. The third kappa shape index (κ3) is 3.78. The van der Waals surface area contributed by atoms with Crippen molar-refractivity contribution in [1.82, 2.24) is 0 Å². The Kier molecular flexibility index (Phi) is 4.69. The van der Waals surface area contributed by atoms with E-state index >= 15 is 0 Å². The van der Waals surface area contributed by atoms with Crippen LogP contribution < -0.4 is 15.2 Å². The van der Waals surface area contributed by atoms with Gasteiger partial charge in [0, 0.05) is 30.0 Å². The molecule has 0 spiro atoms. The van der Waals surface area contributed by atoms with E-state index in [0.29, 0.717) is 29.5 Å². The highest BCUT2D eigenvalue weighted by molar-refractivity contribution is 6.30. The van der Waals surface area contributed by atoms with Gasteiger partial charge in [0.1, 0.15) is 23.1 Å². The molecule has 0 bridgehead atoms. The van der Waals surface area contributed by atoms with E-state index in [4.69, 9.17) is 26.8 Å². The molecule has 0 aliphatic carbocycles. The Hall–Kier alpha value is -1.94. The van der Waals surface area contributed by atoms with Gasteiger partial charge in [0.2, 0.25) is 0 Å². The molecule has 0 radical (unpaired) electrons. The lowest BCUT2D eigenvalue weighted by atomic mass is 10.2. The van der Waals surface area contributed by atoms with Gasteiger partial charge in [-0.15, -0.1) is 0 Å². The van der Waals surface area contributed by atoms with Crippen molar-refractivity contribution in [1.29, 1.82) is 0 Å². The van der Waals surface area contributed by atoms with Crippen molar-refractivity contribution in [2.45, 2.75) is 13.3 Å². The Bertz CT molecular complexity index is 604. The first-order valence-electron chi connectivity index (χ1n) is 6.24. The maximum Gasteiger partial charge on any atom is 0.145 e. The van der Waals surface area contributed by atoms with Gasteiger partial charge in [-0.25, -0.2) is 4.39 Å². The molecule has 0 unspecified atom stereocenters. The average Bonchev–Trinajstić information content (AvgIpc) is 2.40. The standard InChI is InChI=1S/C15H15ClFNO2/c1-2-5-19-12-6-10(18)7-13(8-12)20-11-3-4-14(16)15(17)9-11/h3-4,6-9H,2,5,18H2,1H3. The van der Waals surface area contributed by atoms with E-state index < -0.39 is 5.82 Å². The summed E-state index contributed by atoms with van der Waals surface area (Å²) >= 11 is 5.62. The molecule has 0 saturated heterocycles. The molecule has 20 heavy (non-hydrogen) atoms. The molecule has 0 aliphatic rings. The SMILES string of the molecule is CCCOc1cc(N)cc(Oc2ccc(Cl)c(F)c2)c1. The van der Waals surface area contributed by atoms with Crippen LogP contribution in [0.4, 0.5) is 10.1 Å². The number of benzene rings is 2. The van der Waals surface area contributed by atoms with Crippen LogP contribution in [0.2, 0.25) is 5.02 Å². The molecule has 2 aromatic carbocycles. The van der Waals surface area contributed by atoms with Crippen molar-refractivity contribution >= 4 is 17.3 Å². The zero-order valence-electron chi connectivity index (χ0n) is 11.0. The van der Waals surface area contributed by atoms with E-state index in [2.05, 4.69) is 0 Å². The molecule has 0 amide bonds. The summed E-state index contributed by atoms with van der Waals surface area (Å²) < 4.78 is 24.4. The van der Waals surface area contributed by atoms with Gasteiger partial charge in [-0.05, 0) is 18.6 Å². The third-order valence-corrected chi connectivity index (χ3v) is 2.81. The second-order valence-corrected chi connectivity index (χ2v) is 4.67. The van der Waals surface area contributed by atoms with Crippen LogP contribution in [0, 0.1) is 5.82 Å². The molecule has 0 heterocycles. The molecule has 2 N–H and O–H groups in total. The maximum absolute atomic E-state index is 13.3. The summed E-state index contributed by atoms with van der Waals surface area (Å²) in [7, 11) is 0. The van der Waals surface area contributed by atoms with Crippen molar-refractivity contribution in [3.63, 3.8) is 0 Å². The van der Waals surface area contributed by atoms with Crippen molar-refractivity contribution in [2.75, 3.05) is 12.3 Å². The Morgan fingerprint density at radius 2 is 1.85 bits per heavy atom. The number of rotatable bonds is 5. The topological polar surface area (TPSA) is 44.5 Å². The summed E-state index contributed by atoms with van der Waals surface area (Å²) in [4.78, 5) is 0. The lowest BCUT2D eigenvalue weighted by molar-refractivity contribution is 0.316. The lowest BCUT2D eigenvalue weighted by Crippen LogP contribution is -1.97. The first-order valence-corrected chi connectivity index (χ1v) is 6.62. The van der Waals surface area contributed by atoms with Crippen LogP contribution in [0.5, 0.6) is 17.2 Å². The number of hydrogen-bond donors (Lipinski definition) is 1. The summed E-state index contributed by atoms with van der Waals surface area (Å²) in [5.41, 5.74) is 6.30. The number of nitrogen functional groups attached to an aromatic ring is 1. The maximum atomic E-state index is 13.3. The zero-order chi connectivity index (χ0) is 14.5. The molecule has 106 valence electrons. The number of nitrogens with two attached hydrogens (primary N) is 1.